The van der Waals surface area contributed by atoms with Crippen LogP contribution < -0.4 is 5.32 Å². The van der Waals surface area contributed by atoms with Crippen molar-refractivity contribution in [3.05, 3.63) is 0 Å². The zero-order valence-corrected chi connectivity index (χ0v) is 11.9. The van der Waals surface area contributed by atoms with Crippen LogP contribution in [0.5, 0.6) is 0 Å². The Labute approximate surface area is 103 Å². The largest absolute Gasteiger partial charge is 0.384 e. The number of hydrogen-bond acceptors (Lipinski definition) is 3. The van der Waals surface area contributed by atoms with Crippen molar-refractivity contribution < 1.29 is 8.95 Å². The lowest BCUT2D eigenvalue weighted by Gasteiger charge is -2.26. The molecule has 0 saturated carbocycles. The standard InChI is InChI=1S/C12H27NO2S/c1-5-8-11(13-7-3)12(6-2)16(14)10-9-15-4/h11-13H,5-10H2,1-4H3. The van der Waals surface area contributed by atoms with Gasteiger partial charge in [0.05, 0.1) is 6.61 Å². The van der Waals surface area contributed by atoms with Gasteiger partial charge in [-0.1, -0.05) is 27.2 Å². The molecule has 1 N–H and O–H groups in total. The fraction of sp³-hybridized carbons (Fsp3) is 1.00. The van der Waals surface area contributed by atoms with E-state index < -0.39 is 10.8 Å². The molecule has 0 aliphatic heterocycles. The molecule has 0 rings (SSSR count). The second kappa shape index (κ2) is 10.2. The van der Waals surface area contributed by atoms with Crippen molar-refractivity contribution in [3.63, 3.8) is 0 Å². The van der Waals surface area contributed by atoms with Crippen LogP contribution in [0.15, 0.2) is 0 Å². The summed E-state index contributed by atoms with van der Waals surface area (Å²) < 4.78 is 17.1. The first-order chi connectivity index (χ1) is 7.71. The van der Waals surface area contributed by atoms with E-state index in [1.807, 2.05) is 0 Å². The second-order valence-electron chi connectivity index (χ2n) is 3.98. The summed E-state index contributed by atoms with van der Waals surface area (Å²) in [6.45, 7) is 7.94. The van der Waals surface area contributed by atoms with Gasteiger partial charge in [-0.15, -0.1) is 0 Å². The molecule has 0 fully saturated rings. The zero-order chi connectivity index (χ0) is 12.4. The maximum atomic E-state index is 12.1. The van der Waals surface area contributed by atoms with E-state index >= 15 is 0 Å². The summed E-state index contributed by atoms with van der Waals surface area (Å²) in [7, 11) is 0.880. The highest BCUT2D eigenvalue weighted by molar-refractivity contribution is 7.85. The van der Waals surface area contributed by atoms with Crippen molar-refractivity contribution in [2.24, 2.45) is 0 Å². The van der Waals surface area contributed by atoms with Crippen LogP contribution in [0.1, 0.15) is 40.0 Å². The molecule has 98 valence electrons. The van der Waals surface area contributed by atoms with Gasteiger partial charge in [-0.25, -0.2) is 0 Å². The molecule has 0 aliphatic carbocycles. The first-order valence-corrected chi connectivity index (χ1v) is 7.68. The highest BCUT2D eigenvalue weighted by atomic mass is 32.2. The van der Waals surface area contributed by atoms with E-state index in [0.717, 1.165) is 25.8 Å². The molecule has 0 aliphatic rings. The molecule has 0 spiro atoms. The Bertz CT molecular complexity index is 182. The Morgan fingerprint density at radius 3 is 2.44 bits per heavy atom. The van der Waals surface area contributed by atoms with Crippen LogP contribution in [0, 0.1) is 0 Å². The fourth-order valence-corrected chi connectivity index (χ4v) is 3.57. The van der Waals surface area contributed by atoms with Crippen molar-refractivity contribution >= 4 is 10.8 Å². The molecule has 0 aromatic heterocycles. The molecule has 0 aromatic carbocycles. The third-order valence-corrected chi connectivity index (χ3v) is 4.65. The van der Waals surface area contributed by atoms with Crippen LogP contribution in [0.25, 0.3) is 0 Å². The fourth-order valence-electron chi connectivity index (χ4n) is 1.96. The van der Waals surface area contributed by atoms with Crippen LogP contribution in [-0.4, -0.2) is 41.5 Å². The summed E-state index contributed by atoms with van der Waals surface area (Å²) in [4.78, 5) is 0. The summed E-state index contributed by atoms with van der Waals surface area (Å²) in [5.74, 6) is 0.653. The molecule has 0 bridgehead atoms. The van der Waals surface area contributed by atoms with Crippen molar-refractivity contribution in [2.75, 3.05) is 26.0 Å². The first kappa shape index (κ1) is 16.1. The minimum Gasteiger partial charge on any atom is -0.384 e. The Morgan fingerprint density at radius 2 is 2.00 bits per heavy atom. The van der Waals surface area contributed by atoms with Crippen LogP contribution in [0.2, 0.25) is 0 Å². The van der Waals surface area contributed by atoms with E-state index in [9.17, 15) is 4.21 Å². The summed E-state index contributed by atoms with van der Waals surface area (Å²) >= 11 is 0. The Hall–Kier alpha value is 0.0700. The minimum absolute atomic E-state index is 0.259. The van der Waals surface area contributed by atoms with Crippen LogP contribution >= 0.6 is 0 Å². The van der Waals surface area contributed by atoms with Gasteiger partial charge >= 0.3 is 0 Å². The smallest absolute Gasteiger partial charge is 0.0577 e. The molecule has 0 amide bonds. The maximum Gasteiger partial charge on any atom is 0.0577 e. The SMILES string of the molecule is CCCC(NCC)C(CC)S(=O)CCOC. The van der Waals surface area contributed by atoms with Gasteiger partial charge in [0, 0.05) is 35.0 Å². The number of hydrogen-bond donors (Lipinski definition) is 1. The van der Waals surface area contributed by atoms with Crippen LogP contribution in [0.3, 0.4) is 0 Å². The van der Waals surface area contributed by atoms with Gasteiger partial charge in [0.15, 0.2) is 0 Å². The van der Waals surface area contributed by atoms with Gasteiger partial charge in [0.25, 0.3) is 0 Å². The van der Waals surface area contributed by atoms with Gasteiger partial charge in [-0.3, -0.25) is 4.21 Å². The molecule has 0 saturated heterocycles. The van der Waals surface area contributed by atoms with Gasteiger partial charge < -0.3 is 10.1 Å². The van der Waals surface area contributed by atoms with Gasteiger partial charge in [0.1, 0.15) is 0 Å². The minimum atomic E-state index is -0.778. The van der Waals surface area contributed by atoms with Gasteiger partial charge in [-0.2, -0.15) is 0 Å². The van der Waals surface area contributed by atoms with Crippen molar-refractivity contribution in [1.29, 1.82) is 0 Å². The van der Waals surface area contributed by atoms with E-state index in [2.05, 4.69) is 26.1 Å². The Kier molecular flexibility index (Phi) is 10.3. The number of rotatable bonds is 10. The van der Waals surface area contributed by atoms with Crippen molar-refractivity contribution in [3.8, 4) is 0 Å². The molecule has 16 heavy (non-hydrogen) atoms. The molecule has 3 atom stereocenters. The van der Waals surface area contributed by atoms with Crippen LogP contribution in [-0.2, 0) is 15.5 Å². The molecule has 0 heterocycles. The van der Waals surface area contributed by atoms with Gasteiger partial charge in [0.2, 0.25) is 0 Å². The first-order valence-electron chi connectivity index (χ1n) is 6.30. The molecule has 0 radical (unpaired) electrons. The number of methoxy groups -OCH3 is 1. The Balaban J connectivity index is 4.32. The Morgan fingerprint density at radius 1 is 1.31 bits per heavy atom. The lowest BCUT2D eigenvalue weighted by Crippen LogP contribution is -2.42. The topological polar surface area (TPSA) is 38.3 Å². The van der Waals surface area contributed by atoms with Crippen molar-refractivity contribution in [1.82, 2.24) is 5.32 Å². The number of nitrogens with one attached hydrogen (secondary N) is 1. The third kappa shape index (κ3) is 5.97. The maximum absolute atomic E-state index is 12.1. The lowest BCUT2D eigenvalue weighted by atomic mass is 10.1. The van der Waals surface area contributed by atoms with E-state index in [-0.39, 0.29) is 5.25 Å². The monoisotopic (exact) mass is 249 g/mol. The summed E-state index contributed by atoms with van der Waals surface area (Å²) in [5, 5.41) is 3.72. The highest BCUT2D eigenvalue weighted by Crippen LogP contribution is 2.13. The average molecular weight is 249 g/mol. The molecule has 3 unspecified atom stereocenters. The van der Waals surface area contributed by atoms with E-state index in [0.29, 0.717) is 18.4 Å². The normalized spacial score (nSPS) is 17.0. The predicted octanol–water partition coefficient (Wildman–Crippen LogP) is 1.94. The molecular formula is C12H27NO2S. The number of ether oxygens (including phenoxy) is 1. The quantitative estimate of drug-likeness (QED) is 0.643. The zero-order valence-electron chi connectivity index (χ0n) is 11.1. The predicted molar refractivity (Wildman–Crippen MR) is 71.3 cm³/mol. The molecule has 3 nitrogen and oxygen atoms in total. The van der Waals surface area contributed by atoms with Crippen LogP contribution in [0.4, 0.5) is 0 Å². The summed E-state index contributed by atoms with van der Waals surface area (Å²) in [6.07, 6.45) is 3.20. The molecule has 4 heteroatoms. The van der Waals surface area contributed by atoms with E-state index in [1.165, 1.54) is 0 Å². The third-order valence-electron chi connectivity index (χ3n) is 2.74. The van der Waals surface area contributed by atoms with Crippen molar-refractivity contribution in [2.45, 2.75) is 51.3 Å². The molecule has 0 aromatic rings. The molecular weight excluding hydrogens is 222 g/mol. The summed E-state index contributed by atoms with van der Waals surface area (Å²) in [6, 6.07) is 0.387. The summed E-state index contributed by atoms with van der Waals surface area (Å²) in [5.41, 5.74) is 0. The second-order valence-corrected chi connectivity index (χ2v) is 5.75. The van der Waals surface area contributed by atoms with E-state index in [1.54, 1.807) is 7.11 Å². The average Bonchev–Trinajstić information content (AvgIpc) is 2.28. The van der Waals surface area contributed by atoms with Gasteiger partial charge in [-0.05, 0) is 19.4 Å². The lowest BCUT2D eigenvalue weighted by molar-refractivity contribution is 0.217. The highest BCUT2D eigenvalue weighted by Gasteiger charge is 2.23. The van der Waals surface area contributed by atoms with E-state index in [4.69, 9.17) is 4.74 Å².